The second-order valence-corrected chi connectivity index (χ2v) is 5.98. The molecule has 1 heterocycles. The Labute approximate surface area is 115 Å². The fraction of sp³-hybridized carbons (Fsp3) is 0.529. The zero-order valence-electron chi connectivity index (χ0n) is 11.8. The Hall–Kier alpha value is -1.28. The zero-order valence-corrected chi connectivity index (χ0v) is 11.8. The number of nitrogens with zero attached hydrogens (tertiary/aromatic N) is 1. The summed E-state index contributed by atoms with van der Waals surface area (Å²) in [5, 5.41) is 5.07. The van der Waals surface area contributed by atoms with Crippen LogP contribution in [0.3, 0.4) is 0 Å². The van der Waals surface area contributed by atoms with Crippen molar-refractivity contribution >= 4 is 10.9 Å². The lowest BCUT2D eigenvalue weighted by atomic mass is 9.87. The van der Waals surface area contributed by atoms with Gasteiger partial charge >= 0.3 is 0 Å². The molecule has 1 saturated carbocycles. The van der Waals surface area contributed by atoms with Crippen molar-refractivity contribution in [2.45, 2.75) is 45.2 Å². The third-order valence-corrected chi connectivity index (χ3v) is 4.48. The van der Waals surface area contributed by atoms with Crippen molar-refractivity contribution in [3.05, 3.63) is 36.5 Å². The first-order valence-corrected chi connectivity index (χ1v) is 7.60. The maximum absolute atomic E-state index is 3.72. The van der Waals surface area contributed by atoms with E-state index in [9.17, 15) is 0 Å². The number of fused-ring (bicyclic) bond motifs is 1. The Balaban J connectivity index is 1.52. The van der Waals surface area contributed by atoms with Crippen LogP contribution in [0.2, 0.25) is 0 Å². The SMILES string of the molecule is CC1CCC(NCCn2ccc3ccccc32)CC1. The topological polar surface area (TPSA) is 17.0 Å². The third-order valence-electron chi connectivity index (χ3n) is 4.48. The minimum absolute atomic E-state index is 0.748. The average molecular weight is 256 g/mol. The summed E-state index contributed by atoms with van der Waals surface area (Å²) in [6, 6.07) is 11.6. The van der Waals surface area contributed by atoms with Crippen LogP contribution in [0.5, 0.6) is 0 Å². The minimum atomic E-state index is 0.748. The number of para-hydroxylation sites is 1. The van der Waals surface area contributed by atoms with Crippen LogP contribution in [0.15, 0.2) is 36.5 Å². The Bertz CT molecular complexity index is 521. The van der Waals surface area contributed by atoms with Gasteiger partial charge in [-0.3, -0.25) is 0 Å². The molecule has 0 saturated heterocycles. The predicted octanol–water partition coefficient (Wildman–Crippen LogP) is 3.81. The molecule has 0 aliphatic heterocycles. The van der Waals surface area contributed by atoms with Gasteiger partial charge in [0.05, 0.1) is 0 Å². The highest BCUT2D eigenvalue weighted by atomic mass is 15.0. The molecule has 19 heavy (non-hydrogen) atoms. The zero-order chi connectivity index (χ0) is 13.1. The summed E-state index contributed by atoms with van der Waals surface area (Å²) in [6.07, 6.45) is 7.70. The van der Waals surface area contributed by atoms with Gasteiger partial charge in [-0.15, -0.1) is 0 Å². The van der Waals surface area contributed by atoms with Crippen LogP contribution in [0.1, 0.15) is 32.6 Å². The highest BCUT2D eigenvalue weighted by Crippen LogP contribution is 2.23. The number of rotatable bonds is 4. The van der Waals surface area contributed by atoms with Crippen molar-refractivity contribution in [3.63, 3.8) is 0 Å². The van der Waals surface area contributed by atoms with E-state index in [4.69, 9.17) is 0 Å². The van der Waals surface area contributed by atoms with E-state index >= 15 is 0 Å². The Kier molecular flexibility index (Phi) is 3.88. The molecule has 1 aliphatic carbocycles. The van der Waals surface area contributed by atoms with Crippen molar-refractivity contribution in [1.29, 1.82) is 0 Å². The lowest BCUT2D eigenvalue weighted by Gasteiger charge is -2.27. The van der Waals surface area contributed by atoms with Crippen LogP contribution in [0.25, 0.3) is 10.9 Å². The maximum atomic E-state index is 3.72. The van der Waals surface area contributed by atoms with Gasteiger partial charge in [0.2, 0.25) is 0 Å². The van der Waals surface area contributed by atoms with E-state index in [-0.39, 0.29) is 0 Å². The van der Waals surface area contributed by atoms with Crippen molar-refractivity contribution in [2.24, 2.45) is 5.92 Å². The fourth-order valence-corrected chi connectivity index (χ4v) is 3.19. The summed E-state index contributed by atoms with van der Waals surface area (Å²) in [5.74, 6) is 0.937. The van der Waals surface area contributed by atoms with E-state index in [2.05, 4.69) is 53.3 Å². The van der Waals surface area contributed by atoms with E-state index in [1.807, 2.05) is 0 Å². The molecule has 3 rings (SSSR count). The van der Waals surface area contributed by atoms with Crippen LogP contribution in [0.4, 0.5) is 0 Å². The normalized spacial score (nSPS) is 23.8. The molecule has 2 heteroatoms. The molecule has 0 radical (unpaired) electrons. The molecule has 0 spiro atoms. The molecule has 2 nitrogen and oxygen atoms in total. The molecular formula is C17H24N2. The van der Waals surface area contributed by atoms with Gasteiger partial charge in [0.25, 0.3) is 0 Å². The first-order chi connectivity index (χ1) is 9.33. The molecule has 1 N–H and O–H groups in total. The lowest BCUT2D eigenvalue weighted by Crippen LogP contribution is -2.34. The second-order valence-electron chi connectivity index (χ2n) is 5.98. The fourth-order valence-electron chi connectivity index (χ4n) is 3.19. The van der Waals surface area contributed by atoms with E-state index in [0.717, 1.165) is 25.0 Å². The van der Waals surface area contributed by atoms with Crippen molar-refractivity contribution in [1.82, 2.24) is 9.88 Å². The molecule has 1 fully saturated rings. The first kappa shape index (κ1) is 12.7. The molecular weight excluding hydrogens is 232 g/mol. The summed E-state index contributed by atoms with van der Waals surface area (Å²) in [4.78, 5) is 0. The molecule has 0 amide bonds. The van der Waals surface area contributed by atoms with Crippen molar-refractivity contribution in [2.75, 3.05) is 6.54 Å². The molecule has 1 aliphatic rings. The number of aromatic nitrogens is 1. The van der Waals surface area contributed by atoms with Gasteiger partial charge in [0.15, 0.2) is 0 Å². The Morgan fingerprint density at radius 3 is 2.74 bits per heavy atom. The monoisotopic (exact) mass is 256 g/mol. The molecule has 0 bridgehead atoms. The number of nitrogens with one attached hydrogen (secondary N) is 1. The highest BCUT2D eigenvalue weighted by Gasteiger charge is 2.17. The van der Waals surface area contributed by atoms with Gasteiger partial charge < -0.3 is 9.88 Å². The molecule has 1 aromatic heterocycles. The second kappa shape index (κ2) is 5.79. The summed E-state index contributed by atoms with van der Waals surface area (Å²) in [7, 11) is 0. The average Bonchev–Trinajstić information content (AvgIpc) is 2.85. The quantitative estimate of drug-likeness (QED) is 0.880. The highest BCUT2D eigenvalue weighted by molar-refractivity contribution is 5.79. The maximum Gasteiger partial charge on any atom is 0.0480 e. The summed E-state index contributed by atoms with van der Waals surface area (Å²) in [6.45, 7) is 4.53. The van der Waals surface area contributed by atoms with E-state index < -0.39 is 0 Å². The number of hydrogen-bond acceptors (Lipinski definition) is 1. The minimum Gasteiger partial charge on any atom is -0.346 e. The third kappa shape index (κ3) is 3.01. The van der Waals surface area contributed by atoms with Crippen LogP contribution in [0, 0.1) is 5.92 Å². The van der Waals surface area contributed by atoms with Gasteiger partial charge in [-0.25, -0.2) is 0 Å². The summed E-state index contributed by atoms with van der Waals surface area (Å²) >= 11 is 0. The van der Waals surface area contributed by atoms with Gasteiger partial charge in [0.1, 0.15) is 0 Å². The van der Waals surface area contributed by atoms with E-state index in [1.165, 1.54) is 36.6 Å². The van der Waals surface area contributed by atoms with Crippen LogP contribution in [-0.4, -0.2) is 17.2 Å². The van der Waals surface area contributed by atoms with E-state index in [0.29, 0.717) is 0 Å². The van der Waals surface area contributed by atoms with Crippen LogP contribution >= 0.6 is 0 Å². The smallest absolute Gasteiger partial charge is 0.0480 e. The van der Waals surface area contributed by atoms with Crippen LogP contribution < -0.4 is 5.32 Å². The van der Waals surface area contributed by atoms with Gasteiger partial charge in [-0.1, -0.05) is 25.1 Å². The predicted molar refractivity (Wildman–Crippen MR) is 81.4 cm³/mol. The Morgan fingerprint density at radius 1 is 1.11 bits per heavy atom. The van der Waals surface area contributed by atoms with Gasteiger partial charge in [-0.05, 0) is 49.1 Å². The van der Waals surface area contributed by atoms with Crippen LogP contribution in [-0.2, 0) is 6.54 Å². The standard InChI is InChI=1S/C17H24N2/c1-14-6-8-16(9-7-14)18-11-13-19-12-10-15-4-2-3-5-17(15)19/h2-5,10,12,14,16,18H,6-9,11,13H2,1H3. The summed E-state index contributed by atoms with van der Waals surface area (Å²) in [5.41, 5.74) is 1.35. The molecule has 0 atom stereocenters. The number of benzene rings is 1. The molecule has 102 valence electrons. The first-order valence-electron chi connectivity index (χ1n) is 7.60. The molecule has 1 aromatic carbocycles. The number of hydrogen-bond donors (Lipinski definition) is 1. The lowest BCUT2D eigenvalue weighted by molar-refractivity contribution is 0.305. The van der Waals surface area contributed by atoms with Gasteiger partial charge in [0, 0.05) is 30.8 Å². The van der Waals surface area contributed by atoms with Gasteiger partial charge in [-0.2, -0.15) is 0 Å². The molecule has 0 unspecified atom stereocenters. The summed E-state index contributed by atoms with van der Waals surface area (Å²) < 4.78 is 2.35. The largest absolute Gasteiger partial charge is 0.346 e. The van der Waals surface area contributed by atoms with E-state index in [1.54, 1.807) is 0 Å². The Morgan fingerprint density at radius 2 is 1.89 bits per heavy atom. The molecule has 2 aromatic rings. The van der Waals surface area contributed by atoms with Crippen molar-refractivity contribution < 1.29 is 0 Å². The van der Waals surface area contributed by atoms with Crippen molar-refractivity contribution in [3.8, 4) is 0 Å².